The minimum Gasteiger partial charge on any atom is -0.324 e. The molecule has 0 fully saturated rings. The first kappa shape index (κ1) is 22.3. The van der Waals surface area contributed by atoms with Crippen molar-refractivity contribution < 1.29 is 22.8 Å². The Bertz CT molecular complexity index is 1140. The molecule has 0 saturated carbocycles. The van der Waals surface area contributed by atoms with Gasteiger partial charge in [0.05, 0.1) is 11.3 Å². The lowest BCUT2D eigenvalue weighted by Crippen LogP contribution is -2.21. The maximum Gasteiger partial charge on any atom is 0.416 e. The zero-order valence-electron chi connectivity index (χ0n) is 16.4. The van der Waals surface area contributed by atoms with Gasteiger partial charge in [-0.3, -0.25) is 9.59 Å². The van der Waals surface area contributed by atoms with E-state index in [4.69, 9.17) is 11.6 Å². The van der Waals surface area contributed by atoms with Crippen molar-refractivity contribution >= 4 is 34.8 Å². The first-order valence-electron chi connectivity index (χ1n) is 8.99. The molecule has 0 aliphatic heterocycles. The van der Waals surface area contributed by atoms with Crippen LogP contribution < -0.4 is 10.6 Å². The van der Waals surface area contributed by atoms with Gasteiger partial charge in [0.15, 0.2) is 5.69 Å². The average Bonchev–Trinajstić information content (AvgIpc) is 3.04. The lowest BCUT2D eigenvalue weighted by atomic mass is 10.2. The Morgan fingerprint density at radius 2 is 1.77 bits per heavy atom. The summed E-state index contributed by atoms with van der Waals surface area (Å²) in [5.41, 5.74) is 0.607. The highest BCUT2D eigenvalue weighted by Crippen LogP contribution is 2.30. The van der Waals surface area contributed by atoms with Crippen molar-refractivity contribution in [3.8, 4) is 0 Å². The third-order valence-corrected chi connectivity index (χ3v) is 4.80. The highest BCUT2D eigenvalue weighted by molar-refractivity contribution is 6.31. The van der Waals surface area contributed by atoms with Gasteiger partial charge in [0.2, 0.25) is 5.91 Å². The number of aryl methyl sites for hydroxylation is 1. The Hall–Kier alpha value is -3.40. The Balaban J connectivity index is 1.68. The summed E-state index contributed by atoms with van der Waals surface area (Å²) in [6.45, 7) is 3.14. The Labute approximate surface area is 180 Å². The number of rotatable bonds is 5. The Morgan fingerprint density at radius 1 is 1.06 bits per heavy atom. The van der Waals surface area contributed by atoms with Gasteiger partial charge in [-0.05, 0) is 49.7 Å². The molecule has 0 atom stereocenters. The fourth-order valence-electron chi connectivity index (χ4n) is 2.69. The summed E-state index contributed by atoms with van der Waals surface area (Å²) in [6.07, 6.45) is -4.53. The minimum atomic E-state index is -4.53. The normalized spacial score (nSPS) is 11.3. The number of halogens is 4. The number of benzene rings is 2. The smallest absolute Gasteiger partial charge is 0.324 e. The van der Waals surface area contributed by atoms with E-state index in [9.17, 15) is 22.8 Å². The van der Waals surface area contributed by atoms with Gasteiger partial charge in [-0.15, -0.1) is 5.10 Å². The molecule has 0 aliphatic rings. The first-order valence-corrected chi connectivity index (χ1v) is 9.37. The topological polar surface area (TPSA) is 88.9 Å². The maximum atomic E-state index is 12.8. The summed E-state index contributed by atoms with van der Waals surface area (Å²) in [7, 11) is 0. The molecule has 1 heterocycles. The summed E-state index contributed by atoms with van der Waals surface area (Å²) in [5.74, 6) is -1.16. The van der Waals surface area contributed by atoms with Crippen LogP contribution in [0.1, 0.15) is 27.3 Å². The fourth-order valence-corrected chi connectivity index (χ4v) is 2.87. The van der Waals surface area contributed by atoms with E-state index in [1.165, 1.54) is 23.7 Å². The van der Waals surface area contributed by atoms with Crippen LogP contribution in [-0.4, -0.2) is 26.8 Å². The molecule has 3 rings (SSSR count). The number of nitrogens with zero attached hydrogens (tertiary/aromatic N) is 3. The maximum absolute atomic E-state index is 12.8. The van der Waals surface area contributed by atoms with E-state index in [1.807, 2.05) is 6.92 Å². The molecule has 2 aromatic carbocycles. The van der Waals surface area contributed by atoms with E-state index < -0.39 is 23.6 Å². The summed E-state index contributed by atoms with van der Waals surface area (Å²) in [4.78, 5) is 24.7. The first-order chi connectivity index (χ1) is 14.5. The van der Waals surface area contributed by atoms with Crippen molar-refractivity contribution in [3.05, 3.63) is 70.0 Å². The number of anilines is 2. The minimum absolute atomic E-state index is 0.0391. The number of aromatic nitrogens is 3. The third kappa shape index (κ3) is 5.40. The van der Waals surface area contributed by atoms with Crippen molar-refractivity contribution in [2.24, 2.45) is 0 Å². The molecule has 1 aromatic heterocycles. The van der Waals surface area contributed by atoms with E-state index in [2.05, 4.69) is 20.9 Å². The van der Waals surface area contributed by atoms with Crippen LogP contribution in [0.15, 0.2) is 42.5 Å². The molecule has 2 N–H and O–H groups in total. The second-order valence-electron chi connectivity index (χ2n) is 6.73. The van der Waals surface area contributed by atoms with Gasteiger partial charge in [-0.25, -0.2) is 4.68 Å². The molecular formula is C20H17ClF3N5O2. The average molecular weight is 452 g/mol. The van der Waals surface area contributed by atoms with Crippen LogP contribution in [0.5, 0.6) is 0 Å². The molecule has 2 amide bonds. The van der Waals surface area contributed by atoms with E-state index in [1.54, 1.807) is 18.2 Å². The van der Waals surface area contributed by atoms with Gasteiger partial charge < -0.3 is 10.6 Å². The van der Waals surface area contributed by atoms with E-state index in [0.29, 0.717) is 10.7 Å². The molecule has 162 valence electrons. The zero-order chi connectivity index (χ0) is 22.8. The zero-order valence-corrected chi connectivity index (χ0v) is 17.2. The summed E-state index contributed by atoms with van der Waals surface area (Å²) in [5, 5.41) is 13.1. The van der Waals surface area contributed by atoms with E-state index in [0.717, 1.165) is 17.7 Å². The van der Waals surface area contributed by atoms with Crippen LogP contribution >= 0.6 is 11.6 Å². The largest absolute Gasteiger partial charge is 0.416 e. The van der Waals surface area contributed by atoms with Gasteiger partial charge in [-0.2, -0.15) is 13.2 Å². The van der Waals surface area contributed by atoms with Crippen molar-refractivity contribution in [2.75, 3.05) is 10.6 Å². The Morgan fingerprint density at radius 3 is 2.45 bits per heavy atom. The van der Waals surface area contributed by atoms with Gasteiger partial charge in [-0.1, -0.05) is 28.9 Å². The highest BCUT2D eigenvalue weighted by Gasteiger charge is 2.30. The van der Waals surface area contributed by atoms with Crippen LogP contribution in [0.2, 0.25) is 5.02 Å². The molecular weight excluding hydrogens is 435 g/mol. The molecule has 0 saturated heterocycles. The van der Waals surface area contributed by atoms with Crippen LogP contribution in [-0.2, 0) is 17.5 Å². The number of carbonyl (C=O) groups is 2. The van der Waals surface area contributed by atoms with Gasteiger partial charge in [0.1, 0.15) is 6.54 Å². The number of alkyl halides is 3. The van der Waals surface area contributed by atoms with Gasteiger partial charge >= 0.3 is 6.18 Å². The van der Waals surface area contributed by atoms with Gasteiger partial charge in [0.25, 0.3) is 5.91 Å². The van der Waals surface area contributed by atoms with Gasteiger partial charge in [0, 0.05) is 16.4 Å². The van der Waals surface area contributed by atoms with Crippen LogP contribution in [0, 0.1) is 13.8 Å². The van der Waals surface area contributed by atoms with Crippen LogP contribution in [0.4, 0.5) is 24.5 Å². The summed E-state index contributed by atoms with van der Waals surface area (Å²) < 4.78 is 39.7. The van der Waals surface area contributed by atoms with Crippen molar-refractivity contribution in [1.82, 2.24) is 15.0 Å². The number of hydrogen-bond donors (Lipinski definition) is 2. The molecule has 0 radical (unpaired) electrons. The predicted molar refractivity (Wildman–Crippen MR) is 109 cm³/mol. The van der Waals surface area contributed by atoms with Crippen LogP contribution in [0.25, 0.3) is 0 Å². The molecule has 31 heavy (non-hydrogen) atoms. The molecule has 0 aliphatic carbocycles. The predicted octanol–water partition coefficient (Wildman–Crippen LogP) is 4.46. The second kappa shape index (κ2) is 8.76. The SMILES string of the molecule is Cc1ccc(NC(=O)Cn2nnc(C(=O)Nc3cccc(C(F)(F)F)c3)c2C)cc1Cl. The van der Waals surface area contributed by atoms with E-state index >= 15 is 0 Å². The Kier molecular flexibility index (Phi) is 6.30. The lowest BCUT2D eigenvalue weighted by Gasteiger charge is -2.09. The monoisotopic (exact) mass is 451 g/mol. The molecule has 3 aromatic rings. The van der Waals surface area contributed by atoms with Crippen LogP contribution in [0.3, 0.4) is 0 Å². The molecule has 7 nitrogen and oxygen atoms in total. The van der Waals surface area contributed by atoms with Crippen molar-refractivity contribution in [3.63, 3.8) is 0 Å². The van der Waals surface area contributed by atoms with E-state index in [-0.39, 0.29) is 23.6 Å². The third-order valence-electron chi connectivity index (χ3n) is 4.39. The summed E-state index contributed by atoms with van der Waals surface area (Å²) >= 11 is 6.04. The second-order valence-corrected chi connectivity index (χ2v) is 7.13. The molecule has 0 spiro atoms. The van der Waals surface area contributed by atoms with Crippen molar-refractivity contribution in [1.29, 1.82) is 0 Å². The molecule has 11 heteroatoms. The molecule has 0 bridgehead atoms. The molecule has 0 unspecified atom stereocenters. The number of nitrogens with one attached hydrogen (secondary N) is 2. The number of carbonyl (C=O) groups excluding carboxylic acids is 2. The highest BCUT2D eigenvalue weighted by atomic mass is 35.5. The standard InChI is InChI=1S/C20H17ClF3N5O2/c1-11-6-7-15(9-16(11)21)25-17(30)10-29-12(2)18(27-28-29)19(31)26-14-5-3-4-13(8-14)20(22,23)24/h3-9H,10H2,1-2H3,(H,25,30)(H,26,31). The quantitative estimate of drug-likeness (QED) is 0.599. The van der Waals surface area contributed by atoms with Crippen molar-refractivity contribution in [2.45, 2.75) is 26.6 Å². The summed E-state index contributed by atoms with van der Waals surface area (Å²) in [6, 6.07) is 9.29. The lowest BCUT2D eigenvalue weighted by molar-refractivity contribution is -0.137. The number of hydrogen-bond acceptors (Lipinski definition) is 4. The fraction of sp³-hybridized carbons (Fsp3) is 0.200. The number of amides is 2.